The molecule has 4 rings (SSSR count). The average Bonchev–Trinajstić information content (AvgIpc) is 3.15. The van der Waals surface area contributed by atoms with Crippen LogP contribution in [0.15, 0.2) is 18.2 Å². The van der Waals surface area contributed by atoms with Crippen molar-refractivity contribution in [3.8, 4) is 0 Å². The van der Waals surface area contributed by atoms with Crippen LogP contribution in [0, 0.1) is 13.8 Å². The molecule has 0 saturated heterocycles. The van der Waals surface area contributed by atoms with Gasteiger partial charge in [0.1, 0.15) is 9.71 Å². The lowest BCUT2D eigenvalue weighted by Crippen LogP contribution is -2.22. The number of carbonyl (C=O) groups is 2. The molecule has 0 radical (unpaired) electrons. The number of hydrogen-bond acceptors (Lipinski definition) is 6. The van der Waals surface area contributed by atoms with Crippen molar-refractivity contribution in [2.45, 2.75) is 26.8 Å². The van der Waals surface area contributed by atoms with Gasteiger partial charge in [0.2, 0.25) is 5.91 Å². The summed E-state index contributed by atoms with van der Waals surface area (Å²) >= 11 is 1.25. The third kappa shape index (κ3) is 2.68. The number of benzene rings is 1. The number of nitrogens with zero attached hydrogens (tertiary/aromatic N) is 2. The summed E-state index contributed by atoms with van der Waals surface area (Å²) in [6.45, 7) is 4.15. The van der Waals surface area contributed by atoms with E-state index in [2.05, 4.69) is 20.8 Å². The number of thiophene rings is 1. The average molecular weight is 367 g/mol. The number of aromatic nitrogens is 2. The summed E-state index contributed by atoms with van der Waals surface area (Å²) < 4.78 is 0. The zero-order chi connectivity index (χ0) is 18.4. The Morgan fingerprint density at radius 1 is 1.35 bits per heavy atom. The van der Waals surface area contributed by atoms with Crippen molar-refractivity contribution in [3.63, 3.8) is 0 Å². The maximum absolute atomic E-state index is 12.6. The second-order valence-corrected chi connectivity index (χ2v) is 7.33. The quantitative estimate of drug-likeness (QED) is 0.658. The van der Waals surface area contributed by atoms with Gasteiger partial charge in [0.15, 0.2) is 0 Å². The molecule has 0 saturated carbocycles. The second-order valence-electron chi connectivity index (χ2n) is 6.33. The first kappa shape index (κ1) is 16.5. The third-order valence-electron chi connectivity index (χ3n) is 4.59. The van der Waals surface area contributed by atoms with E-state index in [9.17, 15) is 9.59 Å². The van der Waals surface area contributed by atoms with Gasteiger partial charge in [-0.1, -0.05) is 12.1 Å². The molecule has 8 heteroatoms. The van der Waals surface area contributed by atoms with E-state index in [1.807, 2.05) is 32.0 Å². The van der Waals surface area contributed by atoms with E-state index >= 15 is 0 Å². The van der Waals surface area contributed by atoms with Crippen LogP contribution >= 0.6 is 11.3 Å². The molecule has 0 aliphatic carbocycles. The zero-order valence-corrected chi connectivity index (χ0v) is 15.2. The number of fused-ring (bicyclic) bond motifs is 2. The number of nitrogens with two attached hydrogens (primary N) is 1. The van der Waals surface area contributed by atoms with Crippen molar-refractivity contribution in [2.24, 2.45) is 0 Å². The summed E-state index contributed by atoms with van der Waals surface area (Å²) in [6.07, 6.45) is 0.373. The largest absolute Gasteiger partial charge is 0.397 e. The molecule has 0 unspecified atom stereocenters. The van der Waals surface area contributed by atoms with Gasteiger partial charge in [0, 0.05) is 17.6 Å². The monoisotopic (exact) mass is 367 g/mol. The molecule has 3 aromatic rings. The first-order valence-electron chi connectivity index (χ1n) is 8.15. The van der Waals surface area contributed by atoms with Crippen LogP contribution in [0.2, 0.25) is 0 Å². The SMILES string of the molecule is Cc1nnc2sc(C(=O)NCc3ccc4c(c3)CC(=O)N4)c(N)c2c1C. The van der Waals surface area contributed by atoms with Crippen molar-refractivity contribution in [3.05, 3.63) is 45.5 Å². The minimum absolute atomic E-state index is 0.00833. The highest BCUT2D eigenvalue weighted by molar-refractivity contribution is 7.21. The van der Waals surface area contributed by atoms with Gasteiger partial charge >= 0.3 is 0 Å². The highest BCUT2D eigenvalue weighted by Gasteiger charge is 2.20. The smallest absolute Gasteiger partial charge is 0.263 e. The first-order chi connectivity index (χ1) is 12.4. The summed E-state index contributed by atoms with van der Waals surface area (Å²) in [5.74, 6) is -0.247. The number of carbonyl (C=O) groups excluding carboxylic acids is 2. The summed E-state index contributed by atoms with van der Waals surface area (Å²) in [7, 11) is 0. The Morgan fingerprint density at radius 2 is 2.15 bits per heavy atom. The lowest BCUT2D eigenvalue weighted by atomic mass is 10.1. The van der Waals surface area contributed by atoms with Gasteiger partial charge in [-0.05, 0) is 36.6 Å². The topological polar surface area (TPSA) is 110 Å². The van der Waals surface area contributed by atoms with Crippen LogP contribution in [0.25, 0.3) is 10.2 Å². The second kappa shape index (κ2) is 6.06. The Bertz CT molecular complexity index is 1070. The summed E-state index contributed by atoms with van der Waals surface area (Å²) in [5.41, 5.74) is 11.1. The fourth-order valence-electron chi connectivity index (χ4n) is 3.06. The van der Waals surface area contributed by atoms with Gasteiger partial charge in [-0.3, -0.25) is 9.59 Å². The predicted molar refractivity (Wildman–Crippen MR) is 101 cm³/mol. The number of nitrogens with one attached hydrogen (secondary N) is 2. The Labute approximate surface area is 153 Å². The maximum Gasteiger partial charge on any atom is 0.263 e. The van der Waals surface area contributed by atoms with E-state index in [1.165, 1.54) is 11.3 Å². The zero-order valence-electron chi connectivity index (χ0n) is 14.3. The van der Waals surface area contributed by atoms with Crippen LogP contribution < -0.4 is 16.4 Å². The van der Waals surface area contributed by atoms with E-state index < -0.39 is 0 Å². The molecule has 2 aromatic heterocycles. The molecule has 0 atom stereocenters. The molecule has 26 heavy (non-hydrogen) atoms. The van der Waals surface area contributed by atoms with Crippen LogP contribution in [-0.4, -0.2) is 22.0 Å². The molecule has 1 aliphatic heterocycles. The van der Waals surface area contributed by atoms with E-state index in [0.717, 1.165) is 33.5 Å². The Morgan fingerprint density at radius 3 is 2.96 bits per heavy atom. The minimum atomic E-state index is -0.239. The molecule has 1 aromatic carbocycles. The summed E-state index contributed by atoms with van der Waals surface area (Å²) in [4.78, 5) is 25.1. The molecule has 0 bridgehead atoms. The fraction of sp³-hybridized carbons (Fsp3) is 0.222. The molecule has 4 N–H and O–H groups in total. The van der Waals surface area contributed by atoms with Crippen LogP contribution in [0.4, 0.5) is 11.4 Å². The molecule has 0 fully saturated rings. The van der Waals surface area contributed by atoms with Gasteiger partial charge in [0.05, 0.1) is 17.8 Å². The number of aryl methyl sites for hydroxylation is 2. The molecule has 132 valence electrons. The first-order valence-corrected chi connectivity index (χ1v) is 8.97. The normalized spacial score (nSPS) is 12.9. The number of anilines is 2. The highest BCUT2D eigenvalue weighted by atomic mass is 32.1. The van der Waals surface area contributed by atoms with Gasteiger partial charge in [-0.2, -0.15) is 5.10 Å². The number of hydrogen-bond donors (Lipinski definition) is 3. The summed E-state index contributed by atoms with van der Waals surface area (Å²) in [6, 6.07) is 5.68. The third-order valence-corrected chi connectivity index (χ3v) is 5.68. The molecule has 2 amide bonds. The Kier molecular flexibility index (Phi) is 3.84. The van der Waals surface area contributed by atoms with Crippen molar-refractivity contribution >= 4 is 44.7 Å². The van der Waals surface area contributed by atoms with Crippen molar-refractivity contribution in [1.82, 2.24) is 15.5 Å². The maximum atomic E-state index is 12.6. The Balaban J connectivity index is 1.55. The standard InChI is InChI=1S/C18H17N5O2S/c1-8-9(2)22-23-18-14(8)15(19)16(26-18)17(25)20-7-10-3-4-12-11(5-10)6-13(24)21-12/h3-5H,6-7,19H2,1-2H3,(H,20,25)(H,21,24). The van der Waals surface area contributed by atoms with Gasteiger partial charge < -0.3 is 16.4 Å². The van der Waals surface area contributed by atoms with Gasteiger partial charge in [-0.15, -0.1) is 16.4 Å². The van der Waals surface area contributed by atoms with Crippen LogP contribution in [0.5, 0.6) is 0 Å². The highest BCUT2D eigenvalue weighted by Crippen LogP contribution is 2.34. The minimum Gasteiger partial charge on any atom is -0.397 e. The molecular formula is C18H17N5O2S. The van der Waals surface area contributed by atoms with Gasteiger partial charge in [-0.25, -0.2) is 0 Å². The molecular weight excluding hydrogens is 350 g/mol. The number of rotatable bonds is 3. The number of nitrogen functional groups attached to an aromatic ring is 1. The fourth-order valence-corrected chi connectivity index (χ4v) is 4.08. The summed E-state index contributed by atoms with van der Waals surface area (Å²) in [5, 5.41) is 14.7. The van der Waals surface area contributed by atoms with Gasteiger partial charge in [0.25, 0.3) is 5.91 Å². The van der Waals surface area contributed by atoms with Crippen molar-refractivity contribution in [1.29, 1.82) is 0 Å². The predicted octanol–water partition coefficient (Wildman–Crippen LogP) is 2.31. The van der Waals surface area contributed by atoms with E-state index in [4.69, 9.17) is 5.73 Å². The molecule has 7 nitrogen and oxygen atoms in total. The van der Waals surface area contributed by atoms with Crippen LogP contribution in [0.1, 0.15) is 32.1 Å². The molecule has 1 aliphatic rings. The van der Waals surface area contributed by atoms with Crippen LogP contribution in [0.3, 0.4) is 0 Å². The number of amides is 2. The lowest BCUT2D eigenvalue weighted by molar-refractivity contribution is -0.115. The van der Waals surface area contributed by atoms with Crippen molar-refractivity contribution in [2.75, 3.05) is 11.1 Å². The van der Waals surface area contributed by atoms with E-state index in [0.29, 0.717) is 28.4 Å². The van der Waals surface area contributed by atoms with E-state index in [1.54, 1.807) is 0 Å². The van der Waals surface area contributed by atoms with E-state index in [-0.39, 0.29) is 11.8 Å². The molecule has 0 spiro atoms. The Hall–Kier alpha value is -3.00. The lowest BCUT2D eigenvalue weighted by Gasteiger charge is -2.07. The molecule has 3 heterocycles. The van der Waals surface area contributed by atoms with Crippen LogP contribution in [-0.2, 0) is 17.8 Å². The van der Waals surface area contributed by atoms with Crippen molar-refractivity contribution < 1.29 is 9.59 Å².